The summed E-state index contributed by atoms with van der Waals surface area (Å²) in [4.78, 5) is 27.1. The van der Waals surface area contributed by atoms with Crippen LogP contribution in [0.4, 0.5) is 10.1 Å². The van der Waals surface area contributed by atoms with Crippen molar-refractivity contribution in [3.8, 4) is 0 Å². The van der Waals surface area contributed by atoms with Crippen molar-refractivity contribution in [2.75, 3.05) is 17.8 Å². The molecule has 0 spiro atoms. The minimum Gasteiger partial charge on any atom is -0.352 e. The molecule has 7 nitrogen and oxygen atoms in total. The van der Waals surface area contributed by atoms with Gasteiger partial charge in [0.1, 0.15) is 11.9 Å². The van der Waals surface area contributed by atoms with E-state index in [-0.39, 0.29) is 29.1 Å². The second-order valence-electron chi connectivity index (χ2n) is 8.09. The number of benzene rings is 3. The number of hydrogen-bond donors (Lipinski definition) is 2. The molecule has 1 atom stereocenters. The van der Waals surface area contributed by atoms with Gasteiger partial charge in [-0.15, -0.1) is 0 Å². The molecule has 2 N–H and O–H groups in total. The van der Waals surface area contributed by atoms with Gasteiger partial charge in [-0.25, -0.2) is 12.8 Å². The molecule has 1 unspecified atom stereocenters. The predicted octanol–water partition coefficient (Wildman–Crippen LogP) is 3.56. The lowest BCUT2D eigenvalue weighted by molar-refractivity contribution is -0.128. The molecule has 4 rings (SSSR count). The number of amides is 2. The van der Waals surface area contributed by atoms with E-state index in [2.05, 4.69) is 10.0 Å². The van der Waals surface area contributed by atoms with Crippen molar-refractivity contribution < 1.29 is 22.4 Å². The molecule has 1 aliphatic heterocycles. The summed E-state index contributed by atoms with van der Waals surface area (Å²) in [6.45, 7) is 4.15. The van der Waals surface area contributed by atoms with E-state index in [0.29, 0.717) is 5.69 Å². The topological polar surface area (TPSA) is 95.6 Å². The molecule has 0 aliphatic carbocycles. The smallest absolute Gasteiger partial charge is 0.261 e. The van der Waals surface area contributed by atoms with Crippen LogP contribution in [0.25, 0.3) is 0 Å². The molecule has 0 bridgehead atoms. The van der Waals surface area contributed by atoms with E-state index in [9.17, 15) is 22.4 Å². The first-order valence-corrected chi connectivity index (χ1v) is 12.2. The number of anilines is 1. The first kappa shape index (κ1) is 23.4. The summed E-state index contributed by atoms with van der Waals surface area (Å²) in [5, 5.41) is 2.67. The van der Waals surface area contributed by atoms with Crippen molar-refractivity contribution in [2.45, 2.75) is 24.8 Å². The van der Waals surface area contributed by atoms with E-state index in [1.54, 1.807) is 18.2 Å². The molecular weight excluding hydrogens is 457 g/mol. The highest BCUT2D eigenvalue weighted by Crippen LogP contribution is 2.28. The van der Waals surface area contributed by atoms with Gasteiger partial charge in [0.25, 0.3) is 15.9 Å². The Morgan fingerprint density at radius 3 is 2.44 bits per heavy atom. The van der Waals surface area contributed by atoms with Gasteiger partial charge in [0, 0.05) is 24.2 Å². The maximum atomic E-state index is 14.4. The Morgan fingerprint density at radius 2 is 1.74 bits per heavy atom. The maximum absolute atomic E-state index is 14.4. The van der Waals surface area contributed by atoms with Crippen molar-refractivity contribution in [3.63, 3.8) is 0 Å². The van der Waals surface area contributed by atoms with Crippen LogP contribution in [0.3, 0.4) is 0 Å². The SMILES string of the molecule is Cc1cccc(NS(=O)(=O)c2ccc(C(=O)N3CCNC(=O)C3c3ccccc3F)cc2)c1C. The summed E-state index contributed by atoms with van der Waals surface area (Å²) in [5.74, 6) is -1.54. The number of halogens is 1. The third kappa shape index (κ3) is 4.51. The first-order chi connectivity index (χ1) is 16.2. The quantitative estimate of drug-likeness (QED) is 0.583. The molecular formula is C25H24FN3O4S. The van der Waals surface area contributed by atoms with Gasteiger partial charge in [-0.05, 0) is 61.4 Å². The number of carbonyl (C=O) groups excluding carboxylic acids is 2. The van der Waals surface area contributed by atoms with E-state index in [4.69, 9.17) is 0 Å². The number of aryl methyl sites for hydroxylation is 1. The summed E-state index contributed by atoms with van der Waals surface area (Å²) in [7, 11) is -3.88. The zero-order chi connectivity index (χ0) is 24.5. The van der Waals surface area contributed by atoms with Crippen molar-refractivity contribution in [3.05, 3.63) is 94.8 Å². The van der Waals surface area contributed by atoms with E-state index in [1.165, 1.54) is 47.4 Å². The molecule has 0 saturated carbocycles. The molecule has 34 heavy (non-hydrogen) atoms. The molecule has 0 radical (unpaired) electrons. The first-order valence-electron chi connectivity index (χ1n) is 10.7. The van der Waals surface area contributed by atoms with Crippen LogP contribution >= 0.6 is 0 Å². The third-order valence-electron chi connectivity index (χ3n) is 5.93. The molecule has 1 fully saturated rings. The second kappa shape index (κ2) is 9.26. The lowest BCUT2D eigenvalue weighted by Gasteiger charge is -2.35. The highest BCUT2D eigenvalue weighted by molar-refractivity contribution is 7.92. The number of piperazine rings is 1. The van der Waals surface area contributed by atoms with Crippen molar-refractivity contribution in [2.24, 2.45) is 0 Å². The van der Waals surface area contributed by atoms with Gasteiger partial charge in [0.05, 0.1) is 10.6 Å². The normalized spacial score (nSPS) is 16.1. The Kier molecular flexibility index (Phi) is 6.39. The molecule has 1 saturated heterocycles. The molecule has 176 valence electrons. The highest BCUT2D eigenvalue weighted by Gasteiger charge is 2.36. The molecule has 3 aromatic carbocycles. The van der Waals surface area contributed by atoms with E-state index >= 15 is 0 Å². The number of carbonyl (C=O) groups is 2. The summed E-state index contributed by atoms with van der Waals surface area (Å²) < 4.78 is 42.7. The predicted molar refractivity (Wildman–Crippen MR) is 126 cm³/mol. The Labute approximate surface area is 197 Å². The van der Waals surface area contributed by atoms with Crippen LogP contribution in [0, 0.1) is 19.7 Å². The Balaban J connectivity index is 1.59. The Bertz CT molecular complexity index is 1360. The fraction of sp³-hybridized carbons (Fsp3) is 0.200. The van der Waals surface area contributed by atoms with Crippen LogP contribution < -0.4 is 10.0 Å². The highest BCUT2D eigenvalue weighted by atomic mass is 32.2. The minimum atomic E-state index is -3.88. The van der Waals surface area contributed by atoms with Gasteiger partial charge < -0.3 is 10.2 Å². The van der Waals surface area contributed by atoms with Gasteiger partial charge in [-0.2, -0.15) is 0 Å². The van der Waals surface area contributed by atoms with Gasteiger partial charge in [-0.3, -0.25) is 14.3 Å². The van der Waals surface area contributed by atoms with E-state index in [0.717, 1.165) is 11.1 Å². The monoisotopic (exact) mass is 481 g/mol. The summed E-state index contributed by atoms with van der Waals surface area (Å²) in [5.41, 5.74) is 2.55. The van der Waals surface area contributed by atoms with Gasteiger partial charge in [0.2, 0.25) is 5.91 Å². The molecule has 0 aromatic heterocycles. The fourth-order valence-corrected chi connectivity index (χ4v) is 5.02. The number of nitrogens with one attached hydrogen (secondary N) is 2. The lowest BCUT2D eigenvalue weighted by Crippen LogP contribution is -2.52. The van der Waals surface area contributed by atoms with Crippen LogP contribution in [0.5, 0.6) is 0 Å². The number of sulfonamides is 1. The Morgan fingerprint density at radius 1 is 1.03 bits per heavy atom. The molecule has 3 aromatic rings. The minimum absolute atomic E-state index is 0.00741. The van der Waals surface area contributed by atoms with Crippen molar-refractivity contribution in [1.82, 2.24) is 10.2 Å². The molecule has 2 amide bonds. The average molecular weight is 482 g/mol. The third-order valence-corrected chi connectivity index (χ3v) is 7.31. The van der Waals surface area contributed by atoms with E-state index in [1.807, 2.05) is 19.9 Å². The van der Waals surface area contributed by atoms with Gasteiger partial charge in [0.15, 0.2) is 0 Å². The fourth-order valence-electron chi connectivity index (χ4n) is 3.90. The Hall–Kier alpha value is -3.72. The van der Waals surface area contributed by atoms with Gasteiger partial charge in [-0.1, -0.05) is 30.3 Å². The zero-order valence-corrected chi connectivity index (χ0v) is 19.5. The van der Waals surface area contributed by atoms with Crippen LogP contribution in [0.2, 0.25) is 0 Å². The summed E-state index contributed by atoms with van der Waals surface area (Å²) in [6, 6.07) is 15.5. The molecule has 1 aliphatic rings. The number of hydrogen-bond acceptors (Lipinski definition) is 4. The van der Waals surface area contributed by atoms with Crippen LogP contribution in [0.1, 0.15) is 33.1 Å². The van der Waals surface area contributed by atoms with Crippen molar-refractivity contribution >= 4 is 27.5 Å². The summed E-state index contributed by atoms with van der Waals surface area (Å²) >= 11 is 0. The standard InChI is InChI=1S/C25H24FN3O4S/c1-16-6-5-9-22(17(16)2)28-34(32,33)19-12-10-18(11-13-19)25(31)29-15-14-27-24(30)23(29)20-7-3-4-8-21(20)26/h3-13,23,28H,14-15H2,1-2H3,(H,27,30). The lowest BCUT2D eigenvalue weighted by atomic mass is 10.0. The second-order valence-corrected chi connectivity index (χ2v) is 9.77. The maximum Gasteiger partial charge on any atom is 0.261 e. The van der Waals surface area contributed by atoms with Crippen molar-refractivity contribution in [1.29, 1.82) is 0 Å². The number of nitrogens with zero attached hydrogens (tertiary/aromatic N) is 1. The van der Waals surface area contributed by atoms with E-state index < -0.39 is 33.7 Å². The van der Waals surface area contributed by atoms with Crippen LogP contribution in [-0.2, 0) is 14.8 Å². The largest absolute Gasteiger partial charge is 0.352 e. The molecule has 9 heteroatoms. The van der Waals surface area contributed by atoms with Gasteiger partial charge >= 0.3 is 0 Å². The molecule has 1 heterocycles. The zero-order valence-electron chi connectivity index (χ0n) is 18.7. The average Bonchev–Trinajstić information content (AvgIpc) is 2.82. The van der Waals surface area contributed by atoms with Crippen LogP contribution in [-0.4, -0.2) is 38.2 Å². The summed E-state index contributed by atoms with van der Waals surface area (Å²) in [6.07, 6.45) is 0. The number of rotatable bonds is 5. The van der Waals surface area contributed by atoms with Crippen LogP contribution in [0.15, 0.2) is 71.6 Å².